The molecule has 112 valence electrons. The van der Waals surface area contributed by atoms with Gasteiger partial charge in [-0.1, -0.05) is 13.8 Å². The number of nitrogens with one attached hydrogen (secondary N) is 1. The van der Waals surface area contributed by atoms with E-state index in [1.165, 1.54) is 0 Å². The Kier molecular flexibility index (Phi) is 7.09. The molecule has 1 unspecified atom stereocenters. The van der Waals surface area contributed by atoms with Gasteiger partial charge in [-0.2, -0.15) is 0 Å². The Morgan fingerprint density at radius 2 is 1.95 bits per heavy atom. The van der Waals surface area contributed by atoms with Crippen molar-refractivity contribution < 1.29 is 9.90 Å². The summed E-state index contributed by atoms with van der Waals surface area (Å²) >= 11 is 0. The molecule has 4 nitrogen and oxygen atoms in total. The van der Waals surface area contributed by atoms with Crippen LogP contribution in [-0.4, -0.2) is 37.3 Å². The molecule has 0 aliphatic heterocycles. The molecule has 0 fully saturated rings. The Hall–Kier alpha value is -1.55. The highest BCUT2D eigenvalue weighted by Gasteiger charge is 2.07. The second-order valence-corrected chi connectivity index (χ2v) is 5.08. The van der Waals surface area contributed by atoms with Crippen molar-refractivity contribution in [2.75, 3.05) is 25.0 Å². The number of aliphatic hydroxyl groups excluding tert-OH is 1. The van der Waals surface area contributed by atoms with Crippen LogP contribution in [0, 0.1) is 0 Å². The smallest absolute Gasteiger partial charge is 0.251 e. The molecular formula is C16H26N2O2. The Morgan fingerprint density at radius 1 is 1.30 bits per heavy atom. The highest BCUT2D eigenvalue weighted by molar-refractivity contribution is 5.94. The van der Waals surface area contributed by atoms with Crippen molar-refractivity contribution in [1.82, 2.24) is 5.32 Å². The molecule has 1 aromatic carbocycles. The van der Waals surface area contributed by atoms with E-state index in [1.54, 1.807) is 0 Å². The van der Waals surface area contributed by atoms with Crippen LogP contribution in [-0.2, 0) is 0 Å². The fraction of sp³-hybridized carbons (Fsp3) is 0.562. The molecule has 0 aliphatic rings. The van der Waals surface area contributed by atoms with Crippen molar-refractivity contribution in [2.45, 2.75) is 39.2 Å². The highest BCUT2D eigenvalue weighted by atomic mass is 16.3. The van der Waals surface area contributed by atoms with Gasteiger partial charge in [0, 0.05) is 31.4 Å². The molecule has 20 heavy (non-hydrogen) atoms. The molecule has 0 heterocycles. The van der Waals surface area contributed by atoms with E-state index in [-0.39, 0.29) is 12.0 Å². The number of nitrogens with zero attached hydrogens (tertiary/aromatic N) is 1. The number of anilines is 1. The van der Waals surface area contributed by atoms with Gasteiger partial charge in [-0.15, -0.1) is 0 Å². The molecular weight excluding hydrogens is 252 g/mol. The number of rotatable bonds is 8. The molecule has 0 aromatic heterocycles. The van der Waals surface area contributed by atoms with Gasteiger partial charge in [-0.25, -0.2) is 0 Å². The van der Waals surface area contributed by atoms with E-state index < -0.39 is 0 Å². The Balaban J connectivity index is 2.49. The zero-order valence-corrected chi connectivity index (χ0v) is 12.7. The van der Waals surface area contributed by atoms with Crippen molar-refractivity contribution in [3.8, 4) is 0 Å². The first-order valence-corrected chi connectivity index (χ1v) is 7.36. The largest absolute Gasteiger partial charge is 0.393 e. The van der Waals surface area contributed by atoms with Gasteiger partial charge in [0.1, 0.15) is 0 Å². The molecule has 0 saturated heterocycles. The molecule has 1 amide bonds. The fourth-order valence-corrected chi connectivity index (χ4v) is 1.99. The van der Waals surface area contributed by atoms with E-state index in [0.29, 0.717) is 24.9 Å². The van der Waals surface area contributed by atoms with E-state index >= 15 is 0 Å². The van der Waals surface area contributed by atoms with E-state index in [1.807, 2.05) is 38.2 Å². The first-order valence-electron chi connectivity index (χ1n) is 7.36. The minimum Gasteiger partial charge on any atom is -0.393 e. The average molecular weight is 278 g/mol. The summed E-state index contributed by atoms with van der Waals surface area (Å²) in [7, 11) is 2.05. The summed E-state index contributed by atoms with van der Waals surface area (Å²) in [5, 5.41) is 12.3. The predicted molar refractivity (Wildman–Crippen MR) is 83.3 cm³/mol. The van der Waals surface area contributed by atoms with Crippen molar-refractivity contribution in [3.63, 3.8) is 0 Å². The Bertz CT molecular complexity index is 403. The summed E-state index contributed by atoms with van der Waals surface area (Å²) in [6, 6.07) is 7.61. The molecule has 2 N–H and O–H groups in total. The van der Waals surface area contributed by atoms with Crippen molar-refractivity contribution in [1.29, 1.82) is 0 Å². The zero-order valence-electron chi connectivity index (χ0n) is 12.7. The minimum absolute atomic E-state index is 0.0852. The van der Waals surface area contributed by atoms with Crippen molar-refractivity contribution in [2.24, 2.45) is 0 Å². The minimum atomic E-state index is -0.333. The molecule has 1 rings (SSSR count). The van der Waals surface area contributed by atoms with Gasteiger partial charge in [0.05, 0.1) is 6.10 Å². The van der Waals surface area contributed by atoms with E-state index in [4.69, 9.17) is 0 Å². The summed E-state index contributed by atoms with van der Waals surface area (Å²) in [6.45, 7) is 5.58. The van der Waals surface area contributed by atoms with Gasteiger partial charge in [0.25, 0.3) is 5.91 Å². The van der Waals surface area contributed by atoms with E-state index in [2.05, 4.69) is 17.1 Å². The molecule has 0 saturated carbocycles. The van der Waals surface area contributed by atoms with Crippen LogP contribution in [0.2, 0.25) is 0 Å². The Morgan fingerprint density at radius 3 is 2.50 bits per heavy atom. The van der Waals surface area contributed by atoms with Gasteiger partial charge in [-0.05, 0) is 43.5 Å². The van der Waals surface area contributed by atoms with Crippen molar-refractivity contribution >= 4 is 11.6 Å². The van der Waals surface area contributed by atoms with E-state index in [9.17, 15) is 9.90 Å². The molecule has 1 atom stereocenters. The van der Waals surface area contributed by atoms with Crippen LogP contribution in [0.5, 0.6) is 0 Å². The van der Waals surface area contributed by atoms with Gasteiger partial charge in [-0.3, -0.25) is 4.79 Å². The van der Waals surface area contributed by atoms with Crippen molar-refractivity contribution in [3.05, 3.63) is 29.8 Å². The van der Waals surface area contributed by atoms with E-state index in [0.717, 1.165) is 18.7 Å². The van der Waals surface area contributed by atoms with Crippen LogP contribution in [0.25, 0.3) is 0 Å². The third-order valence-corrected chi connectivity index (χ3v) is 3.36. The maximum absolute atomic E-state index is 11.9. The lowest BCUT2D eigenvalue weighted by Gasteiger charge is -2.18. The first-order chi connectivity index (χ1) is 9.58. The first kappa shape index (κ1) is 16.5. The third kappa shape index (κ3) is 5.21. The number of aliphatic hydroxyl groups is 1. The van der Waals surface area contributed by atoms with Gasteiger partial charge in [0.2, 0.25) is 0 Å². The summed E-state index contributed by atoms with van der Waals surface area (Å²) in [4.78, 5) is 14.1. The second kappa shape index (κ2) is 8.59. The molecule has 0 bridgehead atoms. The number of carbonyl (C=O) groups excluding carboxylic acids is 1. The number of hydrogen-bond acceptors (Lipinski definition) is 3. The molecule has 0 aliphatic carbocycles. The summed E-state index contributed by atoms with van der Waals surface area (Å²) < 4.78 is 0. The lowest BCUT2D eigenvalue weighted by atomic mass is 10.1. The number of amides is 1. The highest BCUT2D eigenvalue weighted by Crippen LogP contribution is 2.14. The summed E-state index contributed by atoms with van der Waals surface area (Å²) in [5.41, 5.74) is 1.77. The third-order valence-electron chi connectivity index (χ3n) is 3.36. The van der Waals surface area contributed by atoms with Crippen LogP contribution in [0.3, 0.4) is 0 Å². The monoisotopic (exact) mass is 278 g/mol. The van der Waals surface area contributed by atoms with Crippen LogP contribution < -0.4 is 10.2 Å². The lowest BCUT2D eigenvalue weighted by Crippen LogP contribution is -2.27. The average Bonchev–Trinajstić information content (AvgIpc) is 2.47. The van der Waals surface area contributed by atoms with Gasteiger partial charge >= 0.3 is 0 Å². The number of hydrogen-bond donors (Lipinski definition) is 2. The maximum atomic E-state index is 11.9. The predicted octanol–water partition coefficient (Wildman–Crippen LogP) is 2.42. The van der Waals surface area contributed by atoms with Crippen LogP contribution in [0.4, 0.5) is 5.69 Å². The number of benzene rings is 1. The maximum Gasteiger partial charge on any atom is 0.251 e. The standard InChI is InChI=1S/C16H26N2O2/c1-4-12-18(3)14-8-6-13(7-9-14)16(20)17-11-10-15(19)5-2/h6-9,15,19H,4-5,10-12H2,1-3H3,(H,17,20). The fourth-order valence-electron chi connectivity index (χ4n) is 1.99. The summed E-state index contributed by atoms with van der Waals surface area (Å²) in [6.07, 6.45) is 2.08. The SMILES string of the molecule is CCCN(C)c1ccc(C(=O)NCCC(O)CC)cc1. The van der Waals surface area contributed by atoms with Gasteiger partial charge in [0.15, 0.2) is 0 Å². The number of carbonyl (C=O) groups is 1. The second-order valence-electron chi connectivity index (χ2n) is 5.08. The molecule has 4 heteroatoms. The van der Waals surface area contributed by atoms with Crippen LogP contribution in [0.1, 0.15) is 43.5 Å². The van der Waals surface area contributed by atoms with Crippen LogP contribution >= 0.6 is 0 Å². The Labute approximate surface area is 121 Å². The quantitative estimate of drug-likeness (QED) is 0.768. The molecule has 0 spiro atoms. The normalized spacial score (nSPS) is 12.0. The molecule has 0 radical (unpaired) electrons. The zero-order chi connectivity index (χ0) is 15.0. The van der Waals surface area contributed by atoms with Crippen LogP contribution in [0.15, 0.2) is 24.3 Å². The lowest BCUT2D eigenvalue weighted by molar-refractivity contribution is 0.0942. The topological polar surface area (TPSA) is 52.6 Å². The summed E-state index contributed by atoms with van der Waals surface area (Å²) in [5.74, 6) is -0.0852. The molecule has 1 aromatic rings. The van der Waals surface area contributed by atoms with Gasteiger partial charge < -0.3 is 15.3 Å².